The molecule has 1 heterocycles. The predicted molar refractivity (Wildman–Crippen MR) is 59.9 cm³/mol. The fraction of sp³-hybridized carbons (Fsp3) is 0.200. The van der Waals surface area contributed by atoms with Crippen molar-refractivity contribution in [1.29, 1.82) is 5.41 Å². The number of hydrogen-bond acceptors (Lipinski definition) is 1. The molecule has 0 fully saturated rings. The van der Waals surface area contributed by atoms with Crippen molar-refractivity contribution in [2.45, 2.75) is 6.42 Å². The smallest absolute Gasteiger partial charge is 0.188 e. The van der Waals surface area contributed by atoms with Gasteiger partial charge in [0.25, 0.3) is 0 Å². The molecule has 1 aromatic carbocycles. The molecule has 73 valence electrons. The summed E-state index contributed by atoms with van der Waals surface area (Å²) in [6.07, 6.45) is 0.943. The molecule has 1 aliphatic heterocycles. The van der Waals surface area contributed by atoms with Crippen LogP contribution in [0.2, 0.25) is 0 Å². The fourth-order valence-electron chi connectivity index (χ4n) is 1.58. The molecule has 0 bridgehead atoms. The topological polar surface area (TPSA) is 53.1 Å². The van der Waals surface area contributed by atoms with Gasteiger partial charge in [0.2, 0.25) is 0 Å². The van der Waals surface area contributed by atoms with E-state index >= 15 is 0 Å². The molecule has 0 atom stereocenters. The molecule has 0 saturated carbocycles. The van der Waals surface area contributed by atoms with Crippen molar-refractivity contribution < 1.29 is 0 Å². The Kier molecular flexibility index (Phi) is 2.46. The van der Waals surface area contributed by atoms with Crippen LogP contribution in [-0.4, -0.2) is 17.4 Å². The van der Waals surface area contributed by atoms with E-state index in [0.717, 1.165) is 23.0 Å². The summed E-state index contributed by atoms with van der Waals surface area (Å²) >= 11 is 3.42. The number of guanidine groups is 1. The van der Waals surface area contributed by atoms with Gasteiger partial charge < -0.3 is 10.6 Å². The third-order valence-corrected chi connectivity index (χ3v) is 2.83. The highest BCUT2D eigenvalue weighted by Crippen LogP contribution is 2.23. The Morgan fingerprint density at radius 2 is 2.29 bits per heavy atom. The van der Waals surface area contributed by atoms with Crippen molar-refractivity contribution in [3.8, 4) is 0 Å². The van der Waals surface area contributed by atoms with E-state index in [0.29, 0.717) is 0 Å². The van der Waals surface area contributed by atoms with Crippen molar-refractivity contribution in [1.82, 2.24) is 4.90 Å². The minimum atomic E-state index is 0.107. The second-order valence-corrected chi connectivity index (χ2v) is 4.22. The molecule has 1 aliphatic rings. The Labute approximate surface area is 91.5 Å². The van der Waals surface area contributed by atoms with E-state index in [1.54, 1.807) is 4.90 Å². The van der Waals surface area contributed by atoms with Crippen molar-refractivity contribution >= 4 is 21.9 Å². The summed E-state index contributed by atoms with van der Waals surface area (Å²) in [5.41, 5.74) is 7.88. The van der Waals surface area contributed by atoms with Gasteiger partial charge in [-0.1, -0.05) is 22.0 Å². The zero-order chi connectivity index (χ0) is 10.1. The van der Waals surface area contributed by atoms with E-state index in [4.69, 9.17) is 11.1 Å². The van der Waals surface area contributed by atoms with Crippen LogP contribution in [0.5, 0.6) is 0 Å². The first-order valence-corrected chi connectivity index (χ1v) is 5.20. The van der Waals surface area contributed by atoms with Crippen molar-refractivity contribution in [2.24, 2.45) is 5.73 Å². The molecule has 0 aromatic heterocycles. The minimum absolute atomic E-state index is 0.107. The Hall–Kier alpha value is -1.03. The number of fused-ring (bicyclic) bond motifs is 1. The largest absolute Gasteiger partial charge is 0.370 e. The van der Waals surface area contributed by atoms with E-state index in [1.807, 2.05) is 18.7 Å². The lowest BCUT2D eigenvalue weighted by molar-refractivity contribution is 0.487. The van der Waals surface area contributed by atoms with Crippen LogP contribution in [-0.2, 0) is 6.42 Å². The molecule has 14 heavy (non-hydrogen) atoms. The van der Waals surface area contributed by atoms with Gasteiger partial charge in [-0.05, 0) is 29.7 Å². The molecule has 0 aliphatic carbocycles. The second kappa shape index (κ2) is 3.61. The van der Waals surface area contributed by atoms with Gasteiger partial charge in [0, 0.05) is 11.0 Å². The highest BCUT2D eigenvalue weighted by atomic mass is 79.9. The number of halogens is 1. The minimum Gasteiger partial charge on any atom is -0.370 e. The highest BCUT2D eigenvalue weighted by Gasteiger charge is 2.17. The van der Waals surface area contributed by atoms with Crippen LogP contribution in [0.15, 0.2) is 22.7 Å². The summed E-state index contributed by atoms with van der Waals surface area (Å²) < 4.78 is 1.05. The van der Waals surface area contributed by atoms with E-state index in [9.17, 15) is 0 Å². The maximum atomic E-state index is 7.34. The Bertz CT molecular complexity index is 376. The molecular weight excluding hydrogens is 242 g/mol. The molecule has 2 rings (SSSR count). The molecule has 3 nitrogen and oxygen atoms in total. The third-order valence-electron chi connectivity index (χ3n) is 2.33. The predicted octanol–water partition coefficient (Wildman–Crippen LogP) is 1.71. The first-order chi connectivity index (χ1) is 6.66. The van der Waals surface area contributed by atoms with Crippen molar-refractivity contribution in [3.63, 3.8) is 0 Å². The molecular formula is C10H11BrN3. The third kappa shape index (κ3) is 1.75. The Balaban J connectivity index is 2.29. The SMILES string of the molecule is N=C(N)N1[CH]c2cc(Br)ccc2CC1. The number of nitrogens with two attached hydrogens (primary N) is 1. The maximum Gasteiger partial charge on any atom is 0.188 e. The number of hydrogen-bond donors (Lipinski definition) is 2. The number of rotatable bonds is 0. The van der Waals surface area contributed by atoms with Gasteiger partial charge in [-0.15, -0.1) is 0 Å². The number of nitrogens with one attached hydrogen (secondary N) is 1. The fourth-order valence-corrected chi connectivity index (χ4v) is 1.96. The van der Waals surface area contributed by atoms with Gasteiger partial charge in [-0.3, -0.25) is 5.41 Å². The first-order valence-electron chi connectivity index (χ1n) is 4.41. The van der Waals surface area contributed by atoms with E-state index in [-0.39, 0.29) is 5.96 Å². The first kappa shape index (κ1) is 9.52. The monoisotopic (exact) mass is 252 g/mol. The second-order valence-electron chi connectivity index (χ2n) is 3.30. The quantitative estimate of drug-likeness (QED) is 0.546. The van der Waals surface area contributed by atoms with Crippen molar-refractivity contribution in [3.05, 3.63) is 40.3 Å². The molecule has 0 amide bonds. The van der Waals surface area contributed by atoms with Crippen LogP contribution in [0.25, 0.3) is 0 Å². The van der Waals surface area contributed by atoms with Gasteiger partial charge in [-0.25, -0.2) is 0 Å². The molecule has 0 unspecified atom stereocenters. The Morgan fingerprint density at radius 3 is 3.00 bits per heavy atom. The number of benzene rings is 1. The zero-order valence-corrected chi connectivity index (χ0v) is 9.21. The van der Waals surface area contributed by atoms with Crippen LogP contribution >= 0.6 is 15.9 Å². The van der Waals surface area contributed by atoms with Gasteiger partial charge >= 0.3 is 0 Å². The van der Waals surface area contributed by atoms with E-state index in [2.05, 4.69) is 22.0 Å². The standard InChI is InChI=1S/C10H11BrN3/c11-9-2-1-7-3-4-14(10(12)13)6-8(7)5-9/h1-2,5-6H,3-4H2,(H3,12,13). The van der Waals surface area contributed by atoms with E-state index < -0.39 is 0 Å². The summed E-state index contributed by atoms with van der Waals surface area (Å²) in [7, 11) is 0. The van der Waals surface area contributed by atoms with Crippen molar-refractivity contribution in [2.75, 3.05) is 6.54 Å². The summed E-state index contributed by atoms with van der Waals surface area (Å²) in [6.45, 7) is 2.72. The van der Waals surface area contributed by atoms with Crippen LogP contribution in [0.3, 0.4) is 0 Å². The molecule has 0 spiro atoms. The Morgan fingerprint density at radius 1 is 1.50 bits per heavy atom. The molecule has 1 radical (unpaired) electrons. The lowest BCUT2D eigenvalue weighted by Gasteiger charge is -2.28. The molecule has 3 N–H and O–H groups in total. The normalized spacial score (nSPS) is 15.1. The summed E-state index contributed by atoms with van der Waals surface area (Å²) in [5.74, 6) is 0.107. The van der Waals surface area contributed by atoms with Gasteiger partial charge in [-0.2, -0.15) is 0 Å². The van der Waals surface area contributed by atoms with Gasteiger partial charge in [0.1, 0.15) is 0 Å². The highest BCUT2D eigenvalue weighted by molar-refractivity contribution is 9.10. The molecule has 1 aromatic rings. The van der Waals surface area contributed by atoms with Gasteiger partial charge in [0.15, 0.2) is 5.96 Å². The van der Waals surface area contributed by atoms with E-state index in [1.165, 1.54) is 5.56 Å². The lowest BCUT2D eigenvalue weighted by atomic mass is 10.0. The number of nitrogens with zero attached hydrogens (tertiary/aromatic N) is 1. The average molecular weight is 253 g/mol. The molecule has 4 heteroatoms. The summed E-state index contributed by atoms with van der Waals surface area (Å²) in [4.78, 5) is 1.76. The lowest BCUT2D eigenvalue weighted by Crippen LogP contribution is -2.38. The molecule has 0 saturated heterocycles. The van der Waals surface area contributed by atoms with Crippen LogP contribution in [0.1, 0.15) is 11.1 Å². The average Bonchev–Trinajstić information content (AvgIpc) is 2.16. The van der Waals surface area contributed by atoms with Gasteiger partial charge in [0.05, 0.1) is 6.54 Å². The van der Waals surface area contributed by atoms with Crippen LogP contribution < -0.4 is 5.73 Å². The maximum absolute atomic E-state index is 7.34. The summed E-state index contributed by atoms with van der Waals surface area (Å²) in [5, 5.41) is 7.34. The zero-order valence-electron chi connectivity index (χ0n) is 7.63. The van der Waals surface area contributed by atoms with Crippen LogP contribution in [0, 0.1) is 12.0 Å². The summed E-state index contributed by atoms with van der Waals surface area (Å²) in [6, 6.07) is 6.19. The van der Waals surface area contributed by atoms with Crippen LogP contribution in [0.4, 0.5) is 0 Å².